The van der Waals surface area contributed by atoms with E-state index in [1.165, 1.54) is 0 Å². The van der Waals surface area contributed by atoms with Gasteiger partial charge in [-0.3, -0.25) is 15.0 Å². The third-order valence-electron chi connectivity index (χ3n) is 3.93. The van der Waals surface area contributed by atoms with Crippen molar-refractivity contribution < 1.29 is 9.66 Å². The molecule has 1 atom stereocenters. The minimum Gasteiger partial charge on any atom is -0.393 e. The van der Waals surface area contributed by atoms with Crippen molar-refractivity contribution in [2.24, 2.45) is 0 Å². The topological polar surface area (TPSA) is 81.6 Å². The first-order chi connectivity index (χ1) is 9.43. The van der Waals surface area contributed by atoms with Crippen molar-refractivity contribution in [3.63, 3.8) is 0 Å². The lowest BCUT2D eigenvalue weighted by atomic mass is 9.94. The fourth-order valence-corrected chi connectivity index (χ4v) is 2.71. The zero-order valence-electron chi connectivity index (χ0n) is 12.0. The Balaban J connectivity index is 2.10. The summed E-state index contributed by atoms with van der Waals surface area (Å²) >= 11 is 0. The Morgan fingerprint density at radius 3 is 2.95 bits per heavy atom. The summed E-state index contributed by atoms with van der Waals surface area (Å²) in [5, 5.41) is 10.9. The van der Waals surface area contributed by atoms with E-state index >= 15 is 0 Å². The molecule has 0 spiro atoms. The molecular formula is C14H21N3O3. The van der Waals surface area contributed by atoms with Gasteiger partial charge in [-0.15, -0.1) is 0 Å². The highest BCUT2D eigenvalue weighted by atomic mass is 16.6. The number of nitro groups is 1. The lowest BCUT2D eigenvalue weighted by Gasteiger charge is -2.39. The average molecular weight is 279 g/mol. The minimum atomic E-state index is -0.436. The van der Waals surface area contributed by atoms with Gasteiger partial charge in [-0.2, -0.15) is 0 Å². The number of likely N-dealkylation sites (tertiary alicyclic amines) is 1. The number of hydrogen-bond donors (Lipinski definition) is 1. The molecule has 0 saturated carbocycles. The summed E-state index contributed by atoms with van der Waals surface area (Å²) < 4.78 is 5.56. The van der Waals surface area contributed by atoms with E-state index in [1.807, 2.05) is 6.07 Å². The van der Waals surface area contributed by atoms with E-state index in [-0.39, 0.29) is 17.0 Å². The predicted molar refractivity (Wildman–Crippen MR) is 77.4 cm³/mol. The predicted octanol–water partition coefficient (Wildman–Crippen LogP) is 2.18. The van der Waals surface area contributed by atoms with Gasteiger partial charge < -0.3 is 10.5 Å². The molecule has 20 heavy (non-hydrogen) atoms. The van der Waals surface area contributed by atoms with Crippen molar-refractivity contribution in [3.8, 4) is 0 Å². The highest BCUT2D eigenvalue weighted by molar-refractivity contribution is 5.59. The number of piperidine rings is 1. The quantitative estimate of drug-likeness (QED) is 0.519. The number of nitrogen functional groups attached to an aromatic ring is 1. The van der Waals surface area contributed by atoms with Gasteiger partial charge in [0, 0.05) is 26.3 Å². The standard InChI is InChI=1S/C14H21N3O3/c1-14(20-2)6-3-7-16(10-14)9-11-4-5-12(15)13(8-11)17(18)19/h4-5,8H,3,6-7,9-10,15H2,1-2H3. The van der Waals surface area contributed by atoms with Crippen LogP contribution in [0.25, 0.3) is 0 Å². The van der Waals surface area contributed by atoms with Crippen LogP contribution >= 0.6 is 0 Å². The third-order valence-corrected chi connectivity index (χ3v) is 3.93. The first-order valence-corrected chi connectivity index (χ1v) is 6.74. The summed E-state index contributed by atoms with van der Waals surface area (Å²) in [4.78, 5) is 12.7. The van der Waals surface area contributed by atoms with Gasteiger partial charge in [-0.25, -0.2) is 0 Å². The number of anilines is 1. The van der Waals surface area contributed by atoms with Gasteiger partial charge in [0.25, 0.3) is 5.69 Å². The molecule has 1 aliphatic heterocycles. The van der Waals surface area contributed by atoms with Crippen molar-refractivity contribution >= 4 is 11.4 Å². The summed E-state index contributed by atoms with van der Waals surface area (Å²) in [6.45, 7) is 4.60. The lowest BCUT2D eigenvalue weighted by Crippen LogP contribution is -2.46. The van der Waals surface area contributed by atoms with Gasteiger partial charge in [0.2, 0.25) is 0 Å². The van der Waals surface area contributed by atoms with E-state index in [4.69, 9.17) is 10.5 Å². The number of methoxy groups -OCH3 is 1. The molecule has 1 aliphatic rings. The maximum Gasteiger partial charge on any atom is 0.292 e. The molecule has 1 heterocycles. The van der Waals surface area contributed by atoms with Crippen molar-refractivity contribution in [2.45, 2.75) is 31.9 Å². The second-order valence-corrected chi connectivity index (χ2v) is 5.62. The Labute approximate surface area is 118 Å². The van der Waals surface area contributed by atoms with Crippen LogP contribution in [0.3, 0.4) is 0 Å². The summed E-state index contributed by atoms with van der Waals surface area (Å²) in [6.07, 6.45) is 2.11. The van der Waals surface area contributed by atoms with Crippen LogP contribution in [0, 0.1) is 10.1 Å². The maximum absolute atomic E-state index is 10.9. The molecule has 0 bridgehead atoms. The number of hydrogen-bond acceptors (Lipinski definition) is 5. The number of nitro benzene ring substituents is 1. The Morgan fingerprint density at radius 2 is 2.30 bits per heavy atom. The van der Waals surface area contributed by atoms with E-state index < -0.39 is 4.92 Å². The zero-order chi connectivity index (χ0) is 14.8. The van der Waals surface area contributed by atoms with Crippen molar-refractivity contribution in [1.82, 2.24) is 4.90 Å². The lowest BCUT2D eigenvalue weighted by molar-refractivity contribution is -0.384. The van der Waals surface area contributed by atoms with E-state index in [0.29, 0.717) is 6.54 Å². The van der Waals surface area contributed by atoms with Gasteiger partial charge in [0.15, 0.2) is 0 Å². The minimum absolute atomic E-state index is 0.0194. The first kappa shape index (κ1) is 14.7. The van der Waals surface area contributed by atoms with E-state index in [0.717, 1.165) is 31.5 Å². The van der Waals surface area contributed by atoms with Crippen LogP contribution in [0.5, 0.6) is 0 Å². The fourth-order valence-electron chi connectivity index (χ4n) is 2.71. The number of ether oxygens (including phenoxy) is 1. The average Bonchev–Trinajstić information content (AvgIpc) is 2.41. The molecule has 0 amide bonds. The van der Waals surface area contributed by atoms with E-state index in [1.54, 1.807) is 19.2 Å². The molecule has 1 unspecified atom stereocenters. The first-order valence-electron chi connectivity index (χ1n) is 6.74. The number of benzene rings is 1. The van der Waals surface area contributed by atoms with Gasteiger partial charge >= 0.3 is 0 Å². The molecule has 0 radical (unpaired) electrons. The van der Waals surface area contributed by atoms with Crippen molar-refractivity contribution in [1.29, 1.82) is 0 Å². The molecule has 1 aromatic rings. The molecule has 6 heteroatoms. The Hall–Kier alpha value is -1.66. The van der Waals surface area contributed by atoms with Crippen LogP contribution in [-0.4, -0.2) is 35.6 Å². The summed E-state index contributed by atoms with van der Waals surface area (Å²) in [7, 11) is 1.73. The zero-order valence-corrected chi connectivity index (χ0v) is 12.0. The van der Waals surface area contributed by atoms with E-state index in [9.17, 15) is 10.1 Å². The summed E-state index contributed by atoms with van der Waals surface area (Å²) in [5.41, 5.74) is 6.58. The Morgan fingerprint density at radius 1 is 1.55 bits per heavy atom. The fraction of sp³-hybridized carbons (Fsp3) is 0.571. The molecule has 6 nitrogen and oxygen atoms in total. The number of rotatable bonds is 4. The SMILES string of the molecule is COC1(C)CCCN(Cc2ccc(N)c([N+](=O)[O-])c2)C1. The molecule has 1 fully saturated rings. The normalized spacial score (nSPS) is 23.7. The van der Waals surface area contributed by atoms with Crippen LogP contribution in [0.1, 0.15) is 25.3 Å². The molecular weight excluding hydrogens is 258 g/mol. The van der Waals surface area contributed by atoms with Crippen molar-refractivity contribution in [3.05, 3.63) is 33.9 Å². The van der Waals surface area contributed by atoms with Gasteiger partial charge in [-0.1, -0.05) is 6.07 Å². The van der Waals surface area contributed by atoms with Gasteiger partial charge in [0.1, 0.15) is 5.69 Å². The second kappa shape index (κ2) is 5.76. The van der Waals surface area contributed by atoms with Crippen LogP contribution in [-0.2, 0) is 11.3 Å². The summed E-state index contributed by atoms with van der Waals surface area (Å²) in [5.74, 6) is 0. The van der Waals surface area contributed by atoms with Crippen LogP contribution < -0.4 is 5.73 Å². The molecule has 1 saturated heterocycles. The van der Waals surface area contributed by atoms with Crippen LogP contribution in [0.4, 0.5) is 11.4 Å². The highest BCUT2D eigenvalue weighted by Crippen LogP contribution is 2.27. The Kier molecular flexibility index (Phi) is 4.25. The van der Waals surface area contributed by atoms with Gasteiger partial charge in [-0.05, 0) is 37.9 Å². The van der Waals surface area contributed by atoms with Crippen molar-refractivity contribution in [2.75, 3.05) is 25.9 Å². The smallest absolute Gasteiger partial charge is 0.292 e. The highest BCUT2D eigenvalue weighted by Gasteiger charge is 2.30. The third kappa shape index (κ3) is 3.26. The van der Waals surface area contributed by atoms with E-state index in [2.05, 4.69) is 11.8 Å². The van der Waals surface area contributed by atoms with Gasteiger partial charge in [0.05, 0.1) is 10.5 Å². The second-order valence-electron chi connectivity index (χ2n) is 5.62. The van der Waals surface area contributed by atoms with Crippen LogP contribution in [0.2, 0.25) is 0 Å². The number of nitrogens with zero attached hydrogens (tertiary/aromatic N) is 2. The largest absolute Gasteiger partial charge is 0.393 e. The molecule has 2 rings (SSSR count). The monoisotopic (exact) mass is 279 g/mol. The molecule has 2 N–H and O–H groups in total. The maximum atomic E-state index is 10.9. The van der Waals surface area contributed by atoms with Crippen LogP contribution in [0.15, 0.2) is 18.2 Å². The molecule has 0 aliphatic carbocycles. The molecule has 110 valence electrons. The summed E-state index contributed by atoms with van der Waals surface area (Å²) in [6, 6.07) is 5.02. The Bertz CT molecular complexity index is 506. The molecule has 0 aromatic heterocycles. The number of nitrogens with two attached hydrogens (primary N) is 1. The molecule has 1 aromatic carbocycles.